The summed E-state index contributed by atoms with van der Waals surface area (Å²) in [5.41, 5.74) is 0.297. The van der Waals surface area contributed by atoms with Gasteiger partial charge in [0.2, 0.25) is 5.91 Å². The summed E-state index contributed by atoms with van der Waals surface area (Å²) in [7, 11) is 3.79. The molecule has 0 aliphatic carbocycles. The summed E-state index contributed by atoms with van der Waals surface area (Å²) in [5.74, 6) is -0.145. The number of carbonyl (C=O) groups is 2. The van der Waals surface area contributed by atoms with Gasteiger partial charge in [-0.3, -0.25) is 15.1 Å². The molecule has 0 aromatic carbocycles. The molecule has 0 bridgehead atoms. The van der Waals surface area contributed by atoms with Gasteiger partial charge in [-0.15, -0.1) is 0 Å². The van der Waals surface area contributed by atoms with E-state index in [1.165, 1.54) is 12.4 Å². The summed E-state index contributed by atoms with van der Waals surface area (Å²) in [6, 6.07) is 1.60. The van der Waals surface area contributed by atoms with E-state index in [1.54, 1.807) is 26.8 Å². The lowest BCUT2D eigenvalue weighted by atomic mass is 10.2. The zero-order chi connectivity index (χ0) is 16.8. The van der Waals surface area contributed by atoms with Crippen molar-refractivity contribution in [2.75, 3.05) is 31.3 Å². The number of rotatable bonds is 5. The third-order valence-electron chi connectivity index (χ3n) is 2.52. The Bertz CT molecular complexity index is 524. The van der Waals surface area contributed by atoms with Gasteiger partial charge in [-0.25, -0.2) is 4.79 Å². The Morgan fingerprint density at radius 3 is 2.50 bits per heavy atom. The third-order valence-corrected chi connectivity index (χ3v) is 2.52. The largest absolute Gasteiger partial charge is 0.444 e. The number of hydrogen-bond acceptors (Lipinski definition) is 5. The lowest BCUT2D eigenvalue weighted by molar-refractivity contribution is -0.116. The van der Waals surface area contributed by atoms with Gasteiger partial charge in [0, 0.05) is 19.2 Å². The van der Waals surface area contributed by atoms with Crippen molar-refractivity contribution in [2.45, 2.75) is 32.8 Å². The molecule has 0 saturated carbocycles. The standard InChI is InChI=1S/C15H24N4O3/c1-15(2,3)22-14(21)18-11-6-8-16-10-12(11)17-13(20)7-9-19(4)5/h6,8,10H,7,9H2,1-5H3,(H,17,20)(H,16,18,21). The first-order valence-electron chi connectivity index (χ1n) is 7.06. The SMILES string of the molecule is CN(C)CCC(=O)Nc1cnccc1NC(=O)OC(C)(C)C. The molecule has 0 fully saturated rings. The quantitative estimate of drug-likeness (QED) is 0.872. The van der Waals surface area contributed by atoms with Gasteiger partial charge in [0.25, 0.3) is 0 Å². The van der Waals surface area contributed by atoms with Crippen LogP contribution < -0.4 is 10.6 Å². The molecule has 1 heterocycles. The normalized spacial score (nSPS) is 11.2. The molecular formula is C15H24N4O3. The van der Waals surface area contributed by atoms with Gasteiger partial charge in [-0.2, -0.15) is 0 Å². The summed E-state index contributed by atoms with van der Waals surface area (Å²) < 4.78 is 5.19. The molecule has 22 heavy (non-hydrogen) atoms. The van der Waals surface area contributed by atoms with Crippen LogP contribution in [0, 0.1) is 0 Å². The number of pyridine rings is 1. The molecule has 0 saturated heterocycles. The average Bonchev–Trinajstić information content (AvgIpc) is 2.36. The van der Waals surface area contributed by atoms with Crippen LogP contribution >= 0.6 is 0 Å². The maximum Gasteiger partial charge on any atom is 0.412 e. The second-order valence-electron chi connectivity index (χ2n) is 6.15. The molecule has 1 aromatic heterocycles. The zero-order valence-electron chi connectivity index (χ0n) is 13.8. The van der Waals surface area contributed by atoms with Crippen LogP contribution in [-0.2, 0) is 9.53 Å². The number of nitrogens with zero attached hydrogens (tertiary/aromatic N) is 2. The monoisotopic (exact) mass is 308 g/mol. The molecular weight excluding hydrogens is 284 g/mol. The molecule has 7 heteroatoms. The number of ether oxygens (including phenoxy) is 1. The van der Waals surface area contributed by atoms with E-state index in [4.69, 9.17) is 4.74 Å². The van der Waals surface area contributed by atoms with Crippen LogP contribution in [0.25, 0.3) is 0 Å². The Balaban J connectivity index is 2.69. The number of carbonyl (C=O) groups excluding carboxylic acids is 2. The molecule has 1 rings (SSSR count). The van der Waals surface area contributed by atoms with Gasteiger partial charge in [-0.1, -0.05) is 0 Å². The Hall–Kier alpha value is -2.15. The number of amides is 2. The molecule has 0 atom stereocenters. The highest BCUT2D eigenvalue weighted by atomic mass is 16.6. The van der Waals surface area contributed by atoms with Crippen LogP contribution in [0.5, 0.6) is 0 Å². The van der Waals surface area contributed by atoms with Crippen LogP contribution in [0.1, 0.15) is 27.2 Å². The topological polar surface area (TPSA) is 83.6 Å². The van der Waals surface area contributed by atoms with Crippen molar-refractivity contribution in [3.8, 4) is 0 Å². The Kier molecular flexibility index (Phi) is 6.30. The first-order valence-corrected chi connectivity index (χ1v) is 7.06. The minimum atomic E-state index is -0.591. The van der Waals surface area contributed by atoms with E-state index in [9.17, 15) is 9.59 Å². The highest BCUT2D eigenvalue weighted by Crippen LogP contribution is 2.21. The molecule has 2 N–H and O–H groups in total. The maximum atomic E-state index is 11.9. The highest BCUT2D eigenvalue weighted by molar-refractivity contribution is 5.97. The van der Waals surface area contributed by atoms with E-state index in [1.807, 2.05) is 19.0 Å². The van der Waals surface area contributed by atoms with Gasteiger partial charge >= 0.3 is 6.09 Å². The number of nitrogens with one attached hydrogen (secondary N) is 2. The van der Waals surface area contributed by atoms with Crippen LogP contribution in [0.3, 0.4) is 0 Å². The molecule has 0 aliphatic rings. The van der Waals surface area contributed by atoms with Crippen molar-refractivity contribution in [1.82, 2.24) is 9.88 Å². The fraction of sp³-hybridized carbons (Fsp3) is 0.533. The summed E-state index contributed by atoms with van der Waals surface area (Å²) in [6.45, 7) is 5.98. The van der Waals surface area contributed by atoms with Crippen molar-refractivity contribution in [3.63, 3.8) is 0 Å². The summed E-state index contributed by atoms with van der Waals surface area (Å²) in [5, 5.41) is 5.35. The predicted molar refractivity (Wildman–Crippen MR) is 85.9 cm³/mol. The van der Waals surface area contributed by atoms with Crippen molar-refractivity contribution in [3.05, 3.63) is 18.5 Å². The van der Waals surface area contributed by atoms with Crippen molar-refractivity contribution in [1.29, 1.82) is 0 Å². The molecule has 0 aliphatic heterocycles. The molecule has 122 valence electrons. The molecule has 0 radical (unpaired) electrons. The van der Waals surface area contributed by atoms with E-state index in [0.29, 0.717) is 24.3 Å². The van der Waals surface area contributed by atoms with Gasteiger partial charge in [-0.05, 0) is 40.9 Å². The summed E-state index contributed by atoms with van der Waals surface area (Å²) in [4.78, 5) is 29.6. The number of aromatic nitrogens is 1. The van der Waals surface area contributed by atoms with Crippen molar-refractivity contribution < 1.29 is 14.3 Å². The smallest absolute Gasteiger partial charge is 0.412 e. The lowest BCUT2D eigenvalue weighted by Crippen LogP contribution is -2.27. The fourth-order valence-corrected chi connectivity index (χ4v) is 1.55. The highest BCUT2D eigenvalue weighted by Gasteiger charge is 2.17. The van der Waals surface area contributed by atoms with Gasteiger partial charge in [0.05, 0.1) is 17.6 Å². The van der Waals surface area contributed by atoms with Crippen LogP contribution in [-0.4, -0.2) is 48.1 Å². The Morgan fingerprint density at radius 1 is 1.23 bits per heavy atom. The van der Waals surface area contributed by atoms with E-state index >= 15 is 0 Å². The van der Waals surface area contributed by atoms with E-state index in [2.05, 4.69) is 15.6 Å². The van der Waals surface area contributed by atoms with Gasteiger partial charge in [0.15, 0.2) is 0 Å². The van der Waals surface area contributed by atoms with Crippen LogP contribution in [0.4, 0.5) is 16.2 Å². The zero-order valence-corrected chi connectivity index (χ0v) is 13.8. The van der Waals surface area contributed by atoms with Crippen molar-refractivity contribution >= 4 is 23.4 Å². The van der Waals surface area contributed by atoms with E-state index in [0.717, 1.165) is 0 Å². The first kappa shape index (κ1) is 17.9. The predicted octanol–water partition coefficient (Wildman–Crippen LogP) is 2.32. The van der Waals surface area contributed by atoms with Crippen molar-refractivity contribution in [2.24, 2.45) is 0 Å². The summed E-state index contributed by atoms with van der Waals surface area (Å²) >= 11 is 0. The van der Waals surface area contributed by atoms with Crippen LogP contribution in [0.15, 0.2) is 18.5 Å². The van der Waals surface area contributed by atoms with E-state index in [-0.39, 0.29) is 5.91 Å². The average molecular weight is 308 g/mol. The maximum absolute atomic E-state index is 11.9. The second kappa shape index (κ2) is 7.74. The number of hydrogen-bond donors (Lipinski definition) is 2. The lowest BCUT2D eigenvalue weighted by Gasteiger charge is -2.20. The minimum Gasteiger partial charge on any atom is -0.444 e. The fourth-order valence-electron chi connectivity index (χ4n) is 1.55. The minimum absolute atomic E-state index is 0.145. The number of anilines is 2. The molecule has 7 nitrogen and oxygen atoms in total. The first-order chi connectivity index (χ1) is 10.2. The Morgan fingerprint density at radius 2 is 1.91 bits per heavy atom. The van der Waals surface area contributed by atoms with Gasteiger partial charge < -0.3 is 15.0 Å². The molecule has 0 unspecified atom stereocenters. The molecule has 0 spiro atoms. The van der Waals surface area contributed by atoms with Gasteiger partial charge in [0.1, 0.15) is 5.60 Å². The van der Waals surface area contributed by atoms with Crippen LogP contribution in [0.2, 0.25) is 0 Å². The second-order valence-corrected chi connectivity index (χ2v) is 6.15. The Labute approximate surface area is 131 Å². The summed E-state index contributed by atoms with van der Waals surface area (Å²) in [6.07, 6.45) is 2.79. The molecule has 2 amide bonds. The molecule has 1 aromatic rings. The third kappa shape index (κ3) is 7.03. The van der Waals surface area contributed by atoms with E-state index < -0.39 is 11.7 Å².